The van der Waals surface area contributed by atoms with Crippen LogP contribution < -0.4 is 5.32 Å². The number of piperidine rings is 1. The van der Waals surface area contributed by atoms with Crippen molar-refractivity contribution in [1.82, 2.24) is 10.2 Å². The molecule has 3 nitrogen and oxygen atoms in total. The molecular formula is C19H27FN2O. The largest absolute Gasteiger partial charge is 0.353 e. The summed E-state index contributed by atoms with van der Waals surface area (Å²) in [5.74, 6) is -0.417. The molecule has 1 aliphatic heterocycles. The molecule has 1 fully saturated rings. The van der Waals surface area contributed by atoms with E-state index in [2.05, 4.69) is 17.1 Å². The Morgan fingerprint density at radius 1 is 1.39 bits per heavy atom. The average Bonchev–Trinajstić information content (AvgIpc) is 2.54. The summed E-state index contributed by atoms with van der Waals surface area (Å²) in [5.41, 5.74) is 0.694. The Hall–Kier alpha value is -1.68. The lowest BCUT2D eigenvalue weighted by atomic mass is 10.0. The number of rotatable bonds is 7. The number of hydrogen-bond acceptors (Lipinski definition) is 2. The third kappa shape index (κ3) is 6.53. The number of unbranched alkanes of at least 4 members (excludes halogenated alkanes) is 1. The molecule has 1 aromatic carbocycles. The summed E-state index contributed by atoms with van der Waals surface area (Å²) in [6.45, 7) is 5.33. The quantitative estimate of drug-likeness (QED) is 0.615. The van der Waals surface area contributed by atoms with Crippen molar-refractivity contribution in [3.05, 3.63) is 41.7 Å². The van der Waals surface area contributed by atoms with Crippen LogP contribution in [-0.4, -0.2) is 36.5 Å². The van der Waals surface area contributed by atoms with Gasteiger partial charge in [0.25, 0.3) is 0 Å². The zero-order chi connectivity index (χ0) is 16.5. The van der Waals surface area contributed by atoms with Gasteiger partial charge in [0, 0.05) is 18.7 Å². The first-order valence-electron chi connectivity index (χ1n) is 8.60. The molecule has 0 saturated carbocycles. The lowest BCUT2D eigenvalue weighted by molar-refractivity contribution is -0.116. The van der Waals surface area contributed by atoms with Gasteiger partial charge in [0.15, 0.2) is 0 Å². The van der Waals surface area contributed by atoms with Crippen molar-refractivity contribution in [2.24, 2.45) is 0 Å². The zero-order valence-corrected chi connectivity index (χ0v) is 13.9. The molecule has 23 heavy (non-hydrogen) atoms. The molecule has 0 aliphatic carbocycles. The highest BCUT2D eigenvalue weighted by molar-refractivity contribution is 5.91. The fourth-order valence-corrected chi connectivity index (χ4v) is 2.98. The Morgan fingerprint density at radius 2 is 2.26 bits per heavy atom. The predicted molar refractivity (Wildman–Crippen MR) is 92.6 cm³/mol. The van der Waals surface area contributed by atoms with Crippen LogP contribution in [-0.2, 0) is 4.79 Å². The molecule has 4 heteroatoms. The third-order valence-electron chi connectivity index (χ3n) is 4.39. The van der Waals surface area contributed by atoms with E-state index in [1.807, 2.05) is 0 Å². The third-order valence-corrected chi connectivity index (χ3v) is 4.39. The first kappa shape index (κ1) is 17.7. The maximum absolute atomic E-state index is 13.0. The van der Waals surface area contributed by atoms with Crippen molar-refractivity contribution in [3.63, 3.8) is 0 Å². The summed E-state index contributed by atoms with van der Waals surface area (Å²) in [6, 6.07) is 6.90. The van der Waals surface area contributed by atoms with Gasteiger partial charge < -0.3 is 10.2 Å². The first-order chi connectivity index (χ1) is 11.1. The number of halogens is 1. The molecule has 1 amide bonds. The lowest BCUT2D eigenvalue weighted by Gasteiger charge is -2.33. The van der Waals surface area contributed by atoms with Crippen molar-refractivity contribution in [2.45, 2.75) is 45.1 Å². The molecule has 1 heterocycles. The number of carbonyl (C=O) groups excluding carboxylic acids is 1. The van der Waals surface area contributed by atoms with Crippen LogP contribution in [0.4, 0.5) is 4.39 Å². The Morgan fingerprint density at radius 3 is 3.04 bits per heavy atom. The highest BCUT2D eigenvalue weighted by Crippen LogP contribution is 2.16. The van der Waals surface area contributed by atoms with Crippen LogP contribution in [0.15, 0.2) is 30.3 Å². The first-order valence-corrected chi connectivity index (χ1v) is 8.60. The fourth-order valence-electron chi connectivity index (χ4n) is 2.98. The van der Waals surface area contributed by atoms with Crippen LogP contribution >= 0.6 is 0 Å². The molecule has 1 aliphatic rings. The summed E-state index contributed by atoms with van der Waals surface area (Å²) < 4.78 is 13.0. The highest BCUT2D eigenvalue weighted by Gasteiger charge is 2.16. The monoisotopic (exact) mass is 318 g/mol. The standard InChI is InChI=1S/C19H27FN2O/c1-16-7-2-4-13-22(16)14-5-3-12-21-19(23)11-10-17-8-6-9-18(20)15-17/h6,8-11,15-16H,2-5,7,12-14H2,1H3,(H,21,23). The summed E-state index contributed by atoms with van der Waals surface area (Å²) in [7, 11) is 0. The molecule has 2 rings (SSSR count). The molecule has 1 atom stereocenters. The molecular weight excluding hydrogens is 291 g/mol. The van der Waals surface area contributed by atoms with Crippen molar-refractivity contribution >= 4 is 12.0 Å². The van der Waals surface area contributed by atoms with Gasteiger partial charge in [-0.2, -0.15) is 0 Å². The summed E-state index contributed by atoms with van der Waals surface area (Å²) in [4.78, 5) is 14.3. The summed E-state index contributed by atoms with van der Waals surface area (Å²) >= 11 is 0. The second kappa shape index (κ2) is 9.46. The van der Waals surface area contributed by atoms with Crippen LogP contribution in [0.5, 0.6) is 0 Å². The van der Waals surface area contributed by atoms with Gasteiger partial charge in [0.05, 0.1) is 0 Å². The molecule has 126 valence electrons. The number of amides is 1. The van der Waals surface area contributed by atoms with Gasteiger partial charge in [-0.1, -0.05) is 18.6 Å². The number of carbonyl (C=O) groups is 1. The topological polar surface area (TPSA) is 32.3 Å². The Labute approximate surface area is 138 Å². The van der Waals surface area contributed by atoms with Crippen LogP contribution in [0.25, 0.3) is 6.08 Å². The number of nitrogens with zero attached hydrogens (tertiary/aromatic N) is 1. The number of hydrogen-bond donors (Lipinski definition) is 1. The average molecular weight is 318 g/mol. The van der Waals surface area contributed by atoms with Gasteiger partial charge in [-0.05, 0) is 69.5 Å². The molecule has 0 spiro atoms. The Bertz CT molecular complexity index is 530. The van der Waals surface area contributed by atoms with E-state index in [-0.39, 0.29) is 11.7 Å². The number of benzene rings is 1. The van der Waals surface area contributed by atoms with E-state index in [4.69, 9.17) is 0 Å². The van der Waals surface area contributed by atoms with Crippen LogP contribution in [0, 0.1) is 5.82 Å². The summed E-state index contributed by atoms with van der Waals surface area (Å²) in [5, 5.41) is 2.88. The second-order valence-electron chi connectivity index (χ2n) is 6.27. The molecule has 1 saturated heterocycles. The SMILES string of the molecule is CC1CCCCN1CCCCNC(=O)C=Cc1cccc(F)c1. The van der Waals surface area contributed by atoms with Gasteiger partial charge >= 0.3 is 0 Å². The van der Waals surface area contributed by atoms with Gasteiger partial charge in [-0.15, -0.1) is 0 Å². The highest BCUT2D eigenvalue weighted by atomic mass is 19.1. The van der Waals surface area contributed by atoms with Crippen molar-refractivity contribution in [3.8, 4) is 0 Å². The van der Waals surface area contributed by atoms with Crippen molar-refractivity contribution < 1.29 is 9.18 Å². The van der Waals surface area contributed by atoms with Gasteiger partial charge in [0.2, 0.25) is 5.91 Å². The van der Waals surface area contributed by atoms with E-state index >= 15 is 0 Å². The smallest absolute Gasteiger partial charge is 0.243 e. The lowest BCUT2D eigenvalue weighted by Crippen LogP contribution is -2.38. The van der Waals surface area contributed by atoms with Gasteiger partial charge in [0.1, 0.15) is 5.82 Å². The second-order valence-corrected chi connectivity index (χ2v) is 6.27. The maximum Gasteiger partial charge on any atom is 0.243 e. The van der Waals surface area contributed by atoms with E-state index in [0.717, 1.165) is 19.4 Å². The number of likely N-dealkylation sites (tertiary alicyclic amines) is 1. The van der Waals surface area contributed by atoms with Crippen LogP contribution in [0.1, 0.15) is 44.6 Å². The minimum absolute atomic E-state index is 0.124. The minimum atomic E-state index is -0.292. The van der Waals surface area contributed by atoms with Gasteiger partial charge in [-0.25, -0.2) is 4.39 Å². The molecule has 0 radical (unpaired) electrons. The molecule has 0 aromatic heterocycles. The minimum Gasteiger partial charge on any atom is -0.353 e. The maximum atomic E-state index is 13.0. The summed E-state index contributed by atoms with van der Waals surface area (Å²) in [6.07, 6.45) is 9.16. The van der Waals surface area contributed by atoms with Crippen molar-refractivity contribution in [2.75, 3.05) is 19.6 Å². The molecule has 1 unspecified atom stereocenters. The zero-order valence-electron chi connectivity index (χ0n) is 13.9. The van der Waals surface area contributed by atoms with Crippen molar-refractivity contribution in [1.29, 1.82) is 0 Å². The molecule has 1 N–H and O–H groups in total. The van der Waals surface area contributed by atoms with Crippen LogP contribution in [0.2, 0.25) is 0 Å². The van der Waals surface area contributed by atoms with E-state index in [1.54, 1.807) is 18.2 Å². The Balaban J connectivity index is 1.59. The van der Waals surface area contributed by atoms with E-state index in [0.29, 0.717) is 18.2 Å². The van der Waals surface area contributed by atoms with E-state index in [1.165, 1.54) is 44.0 Å². The van der Waals surface area contributed by atoms with E-state index < -0.39 is 0 Å². The van der Waals surface area contributed by atoms with Gasteiger partial charge in [-0.3, -0.25) is 4.79 Å². The Kier molecular flexibility index (Phi) is 7.27. The predicted octanol–water partition coefficient (Wildman–Crippen LogP) is 3.61. The van der Waals surface area contributed by atoms with Crippen LogP contribution in [0.3, 0.4) is 0 Å². The molecule has 1 aromatic rings. The number of nitrogens with one attached hydrogen (secondary N) is 1. The fraction of sp³-hybridized carbons (Fsp3) is 0.526. The molecule has 0 bridgehead atoms. The van der Waals surface area contributed by atoms with E-state index in [9.17, 15) is 9.18 Å². The normalized spacial score (nSPS) is 19.1.